The summed E-state index contributed by atoms with van der Waals surface area (Å²) in [5.41, 5.74) is 0. The molecule has 392 valence electrons. The zero-order valence-electron chi connectivity index (χ0n) is 44.5. The van der Waals surface area contributed by atoms with E-state index in [1.165, 1.54) is 109 Å². The summed E-state index contributed by atoms with van der Waals surface area (Å²) in [4.78, 5) is 25.2. The lowest BCUT2D eigenvalue weighted by molar-refractivity contribution is -0.870. The Morgan fingerprint density at radius 1 is 0.529 bits per heavy atom. The number of carbonyl (C=O) groups excluding carboxylic acids is 1. The van der Waals surface area contributed by atoms with E-state index in [0.717, 1.165) is 89.9 Å². The predicted molar refractivity (Wildman–Crippen MR) is 293 cm³/mol. The third kappa shape index (κ3) is 51.3. The first kappa shape index (κ1) is 65.4. The number of unbranched alkanes of at least 4 members (excludes halogenated alkanes) is 22. The SMILES string of the molecule is CC/C=C\C/C=C\C/C=C\C/C=C\C/C=C\C/C=C\C/C=C\CCCCCCCCCCCCCCCCCCCCCC(=O)NC(COP(=O)([O-])OCC[N+](C)(C)C)C(O)/C=C/CCCCC. The molecule has 0 aromatic rings. The van der Waals surface area contributed by atoms with Crippen LogP contribution in [-0.4, -0.2) is 68.5 Å². The van der Waals surface area contributed by atoms with Gasteiger partial charge in [0.25, 0.3) is 7.82 Å². The second-order valence-corrected chi connectivity index (χ2v) is 21.0. The zero-order valence-corrected chi connectivity index (χ0v) is 45.4. The summed E-state index contributed by atoms with van der Waals surface area (Å²) in [5, 5.41) is 13.6. The van der Waals surface area contributed by atoms with E-state index in [4.69, 9.17) is 9.05 Å². The number of phosphoric acid groups is 1. The molecule has 3 unspecified atom stereocenters. The van der Waals surface area contributed by atoms with Crippen molar-refractivity contribution < 1.29 is 32.9 Å². The molecule has 9 heteroatoms. The van der Waals surface area contributed by atoms with E-state index in [1.807, 2.05) is 27.2 Å². The van der Waals surface area contributed by atoms with Crippen molar-refractivity contribution >= 4 is 13.7 Å². The number of aliphatic hydroxyl groups excluding tert-OH is 1. The van der Waals surface area contributed by atoms with Gasteiger partial charge in [0.2, 0.25) is 5.91 Å². The highest BCUT2D eigenvalue weighted by Gasteiger charge is 2.23. The van der Waals surface area contributed by atoms with E-state index < -0.39 is 20.0 Å². The summed E-state index contributed by atoms with van der Waals surface area (Å²) >= 11 is 0. The predicted octanol–water partition coefficient (Wildman–Crippen LogP) is 16.0. The molecule has 2 N–H and O–H groups in total. The lowest BCUT2D eigenvalue weighted by Crippen LogP contribution is -2.45. The van der Waals surface area contributed by atoms with E-state index in [2.05, 4.69) is 104 Å². The maximum Gasteiger partial charge on any atom is 0.268 e. The van der Waals surface area contributed by atoms with E-state index in [9.17, 15) is 19.4 Å². The Hall–Kier alpha value is -2.58. The Morgan fingerprint density at radius 3 is 1.31 bits per heavy atom. The van der Waals surface area contributed by atoms with Crippen LogP contribution in [0.4, 0.5) is 0 Å². The maximum atomic E-state index is 12.8. The van der Waals surface area contributed by atoms with Gasteiger partial charge in [0.1, 0.15) is 13.2 Å². The molecule has 0 aromatic heterocycles. The van der Waals surface area contributed by atoms with Crippen LogP contribution in [0.2, 0.25) is 0 Å². The van der Waals surface area contributed by atoms with Gasteiger partial charge in [-0.1, -0.05) is 233 Å². The molecule has 0 fully saturated rings. The van der Waals surface area contributed by atoms with Gasteiger partial charge in [-0.25, -0.2) is 0 Å². The molecule has 3 atom stereocenters. The topological polar surface area (TPSA) is 108 Å². The van der Waals surface area contributed by atoms with Crippen LogP contribution in [0.5, 0.6) is 0 Å². The molecule has 0 saturated carbocycles. The lowest BCUT2D eigenvalue weighted by atomic mass is 10.0. The van der Waals surface area contributed by atoms with Crippen molar-refractivity contribution in [2.24, 2.45) is 0 Å². The summed E-state index contributed by atoms with van der Waals surface area (Å²) in [7, 11) is 1.25. The summed E-state index contributed by atoms with van der Waals surface area (Å²) in [6.07, 6.45) is 71.3. The molecule has 1 amide bonds. The van der Waals surface area contributed by atoms with Crippen LogP contribution in [0.3, 0.4) is 0 Å². The molecule has 0 radical (unpaired) electrons. The average Bonchev–Trinajstić information content (AvgIpc) is 3.30. The Labute approximate surface area is 419 Å². The first-order chi connectivity index (χ1) is 33.0. The number of aliphatic hydroxyl groups is 1. The Morgan fingerprint density at radius 2 is 0.897 bits per heavy atom. The van der Waals surface area contributed by atoms with E-state index in [1.54, 1.807) is 6.08 Å². The summed E-state index contributed by atoms with van der Waals surface area (Å²) in [5.74, 6) is -0.206. The van der Waals surface area contributed by atoms with Crippen LogP contribution in [0.1, 0.15) is 219 Å². The van der Waals surface area contributed by atoms with Crippen LogP contribution in [-0.2, 0) is 18.4 Å². The smallest absolute Gasteiger partial charge is 0.268 e. The molecular weight excluding hydrogens is 864 g/mol. The number of carbonyl (C=O) groups is 1. The minimum absolute atomic E-state index is 0.00384. The molecule has 0 aromatic carbocycles. The van der Waals surface area contributed by atoms with Crippen molar-refractivity contribution in [3.8, 4) is 0 Å². The van der Waals surface area contributed by atoms with Crippen molar-refractivity contribution in [3.63, 3.8) is 0 Å². The molecule has 0 aliphatic rings. The second-order valence-electron chi connectivity index (χ2n) is 19.6. The number of amides is 1. The van der Waals surface area contributed by atoms with Gasteiger partial charge in [-0.3, -0.25) is 9.36 Å². The van der Waals surface area contributed by atoms with Gasteiger partial charge in [-0.15, -0.1) is 0 Å². The number of hydrogen-bond donors (Lipinski definition) is 2. The number of rotatable bonds is 49. The Kier molecular flexibility index (Phi) is 47.5. The molecule has 0 heterocycles. The monoisotopic (exact) mass is 969 g/mol. The van der Waals surface area contributed by atoms with Crippen molar-refractivity contribution in [2.45, 2.75) is 231 Å². The number of hydrogen-bond acceptors (Lipinski definition) is 6. The number of nitrogens with zero attached hydrogens (tertiary/aromatic N) is 1. The van der Waals surface area contributed by atoms with E-state index in [-0.39, 0.29) is 19.1 Å². The number of likely N-dealkylation sites (N-methyl/N-ethyl adjacent to an activating group) is 1. The first-order valence-electron chi connectivity index (χ1n) is 27.6. The van der Waals surface area contributed by atoms with Crippen molar-refractivity contribution in [3.05, 3.63) is 97.2 Å². The third-order valence-corrected chi connectivity index (χ3v) is 12.8. The number of phosphoric ester groups is 1. The molecule has 8 nitrogen and oxygen atoms in total. The van der Waals surface area contributed by atoms with Crippen LogP contribution >= 0.6 is 7.82 Å². The fourth-order valence-electron chi connectivity index (χ4n) is 7.49. The van der Waals surface area contributed by atoms with E-state index >= 15 is 0 Å². The molecule has 0 rings (SSSR count). The van der Waals surface area contributed by atoms with Crippen molar-refractivity contribution in [1.29, 1.82) is 0 Å². The maximum absolute atomic E-state index is 12.8. The molecule has 0 aliphatic heterocycles. The largest absolute Gasteiger partial charge is 0.756 e. The molecule has 0 spiro atoms. The molecular formula is C59H105N2O6P. The van der Waals surface area contributed by atoms with Gasteiger partial charge in [0.05, 0.1) is 39.9 Å². The normalized spacial score (nSPS) is 14.8. The highest BCUT2D eigenvalue weighted by Crippen LogP contribution is 2.38. The second kappa shape index (κ2) is 49.4. The minimum atomic E-state index is -4.58. The molecule has 0 bridgehead atoms. The lowest BCUT2D eigenvalue weighted by Gasteiger charge is -2.29. The quantitative estimate of drug-likeness (QED) is 0.0272. The number of quaternary nitrogens is 1. The minimum Gasteiger partial charge on any atom is -0.756 e. The molecule has 0 saturated heterocycles. The van der Waals surface area contributed by atoms with Gasteiger partial charge < -0.3 is 28.8 Å². The highest BCUT2D eigenvalue weighted by molar-refractivity contribution is 7.45. The van der Waals surface area contributed by atoms with Gasteiger partial charge in [-0.05, 0) is 77.0 Å². The third-order valence-electron chi connectivity index (χ3n) is 11.8. The van der Waals surface area contributed by atoms with Gasteiger partial charge >= 0.3 is 0 Å². The zero-order chi connectivity index (χ0) is 49.9. The van der Waals surface area contributed by atoms with Gasteiger partial charge in [-0.2, -0.15) is 0 Å². The van der Waals surface area contributed by atoms with Gasteiger partial charge in [0, 0.05) is 6.42 Å². The summed E-state index contributed by atoms with van der Waals surface area (Å²) in [6, 6.07) is -0.885. The fraction of sp³-hybridized carbons (Fsp3) is 0.712. The van der Waals surface area contributed by atoms with Crippen LogP contribution in [0.25, 0.3) is 0 Å². The molecule has 68 heavy (non-hydrogen) atoms. The summed E-state index contributed by atoms with van der Waals surface area (Å²) in [6.45, 7) is 4.41. The number of allylic oxidation sites excluding steroid dienone is 15. The van der Waals surface area contributed by atoms with Crippen LogP contribution in [0, 0.1) is 0 Å². The Bertz CT molecular complexity index is 1420. The van der Waals surface area contributed by atoms with Crippen molar-refractivity contribution in [2.75, 3.05) is 40.9 Å². The van der Waals surface area contributed by atoms with Gasteiger partial charge in [0.15, 0.2) is 0 Å². The number of nitrogens with one attached hydrogen (secondary N) is 1. The highest BCUT2D eigenvalue weighted by atomic mass is 31.2. The van der Waals surface area contributed by atoms with Crippen LogP contribution < -0.4 is 10.2 Å². The summed E-state index contributed by atoms with van der Waals surface area (Å²) < 4.78 is 23.0. The van der Waals surface area contributed by atoms with Crippen molar-refractivity contribution in [1.82, 2.24) is 5.32 Å². The Balaban J connectivity index is 3.76. The average molecular weight is 969 g/mol. The molecule has 0 aliphatic carbocycles. The first-order valence-corrected chi connectivity index (χ1v) is 29.1. The standard InChI is InChI=1S/C59H105N2O6P/c1-6-8-10-12-13-14-15-16-17-18-19-20-21-22-23-24-25-26-27-28-29-30-31-32-33-34-35-36-37-38-39-40-41-42-43-44-45-46-47-49-51-53-59(63)60-57(58(62)52-50-48-11-9-7-2)56-67-68(64,65)66-55-54-61(3,4)5/h8,10,13-14,16-17,19-20,22-23,25-26,28-29,50,52,57-58,62H,6-7,9,11-12,15,18,21,24,27,30-49,51,53-56H2,1-5H3,(H-,60,63,64,65)/b10-8-,14-13-,17-16-,20-19-,23-22-,26-25-,29-28-,52-50+. The fourth-order valence-corrected chi connectivity index (χ4v) is 8.21. The van der Waals surface area contributed by atoms with Crippen LogP contribution in [0.15, 0.2) is 97.2 Å². The van der Waals surface area contributed by atoms with E-state index in [0.29, 0.717) is 17.4 Å².